The molecule has 1 saturated carbocycles. The van der Waals surface area contributed by atoms with Crippen molar-refractivity contribution in [3.05, 3.63) is 22.6 Å². The molecule has 1 N–H and O–H groups in total. The molecule has 1 aliphatic carbocycles. The molecule has 1 aromatic rings. The Hall–Kier alpha value is -0.320. The molecule has 3 nitrogen and oxygen atoms in total. The Morgan fingerprint density at radius 1 is 1.41 bits per heavy atom. The number of nitrogens with zero attached hydrogens (tertiary/aromatic N) is 1. The van der Waals surface area contributed by atoms with E-state index in [-0.39, 0.29) is 0 Å². The number of furan rings is 1. The van der Waals surface area contributed by atoms with Gasteiger partial charge in [0, 0.05) is 12.6 Å². The zero-order valence-corrected chi connectivity index (χ0v) is 11.7. The molecule has 17 heavy (non-hydrogen) atoms. The minimum atomic E-state index is 0.438. The maximum absolute atomic E-state index is 5.74. The molecule has 1 saturated heterocycles. The molecule has 2 atom stereocenters. The van der Waals surface area contributed by atoms with Gasteiger partial charge in [-0.2, -0.15) is 0 Å². The van der Waals surface area contributed by atoms with E-state index in [0.717, 1.165) is 23.0 Å². The highest BCUT2D eigenvalue weighted by Gasteiger charge is 2.35. The molecule has 0 radical (unpaired) electrons. The number of hydrogen-bond acceptors (Lipinski definition) is 3. The van der Waals surface area contributed by atoms with Crippen molar-refractivity contribution < 1.29 is 4.42 Å². The van der Waals surface area contributed by atoms with Crippen molar-refractivity contribution in [3.8, 4) is 0 Å². The predicted octanol–water partition coefficient (Wildman–Crippen LogP) is 2.79. The lowest BCUT2D eigenvalue weighted by Crippen LogP contribution is -2.29. The molecule has 2 fully saturated rings. The van der Waals surface area contributed by atoms with Gasteiger partial charge in [0.25, 0.3) is 0 Å². The Balaban J connectivity index is 1.69. The second-order valence-electron chi connectivity index (χ2n) is 5.30. The normalized spacial score (nSPS) is 30.0. The maximum atomic E-state index is 5.74. The largest absolute Gasteiger partial charge is 0.453 e. The lowest BCUT2D eigenvalue weighted by Gasteiger charge is -2.23. The second-order valence-corrected chi connectivity index (χ2v) is 6.08. The van der Waals surface area contributed by atoms with Crippen molar-refractivity contribution in [2.24, 2.45) is 5.92 Å². The van der Waals surface area contributed by atoms with Gasteiger partial charge in [0.15, 0.2) is 4.67 Å². The third kappa shape index (κ3) is 2.59. The van der Waals surface area contributed by atoms with Crippen molar-refractivity contribution in [2.75, 3.05) is 20.1 Å². The molecule has 4 heteroatoms. The monoisotopic (exact) mass is 298 g/mol. The van der Waals surface area contributed by atoms with Crippen molar-refractivity contribution in [1.29, 1.82) is 0 Å². The van der Waals surface area contributed by atoms with Gasteiger partial charge in [-0.25, -0.2) is 0 Å². The Morgan fingerprint density at radius 2 is 2.24 bits per heavy atom. The van der Waals surface area contributed by atoms with E-state index in [2.05, 4.69) is 39.3 Å². The van der Waals surface area contributed by atoms with E-state index in [1.807, 2.05) is 6.07 Å². The van der Waals surface area contributed by atoms with Crippen LogP contribution in [0, 0.1) is 5.92 Å². The highest BCUT2D eigenvalue weighted by atomic mass is 79.9. The van der Waals surface area contributed by atoms with Gasteiger partial charge in [-0.15, -0.1) is 0 Å². The van der Waals surface area contributed by atoms with E-state index in [1.165, 1.54) is 25.8 Å². The molecule has 2 heterocycles. The van der Waals surface area contributed by atoms with Crippen molar-refractivity contribution in [3.63, 3.8) is 0 Å². The minimum Gasteiger partial charge on any atom is -0.453 e. The Morgan fingerprint density at radius 3 is 2.88 bits per heavy atom. The second kappa shape index (κ2) is 4.75. The van der Waals surface area contributed by atoms with E-state index in [4.69, 9.17) is 4.42 Å². The first-order valence-corrected chi connectivity index (χ1v) is 7.22. The fourth-order valence-corrected chi connectivity index (χ4v) is 3.10. The van der Waals surface area contributed by atoms with Gasteiger partial charge >= 0.3 is 0 Å². The molecule has 3 rings (SSSR count). The first kappa shape index (κ1) is 11.8. The number of nitrogens with one attached hydrogen (secondary N) is 1. The Labute approximate surface area is 111 Å². The average Bonchev–Trinajstić information content (AvgIpc) is 2.93. The zero-order chi connectivity index (χ0) is 11.8. The average molecular weight is 299 g/mol. The van der Waals surface area contributed by atoms with Crippen LogP contribution < -0.4 is 5.32 Å². The fraction of sp³-hybridized carbons (Fsp3) is 0.692. The third-order valence-electron chi connectivity index (χ3n) is 3.91. The molecule has 1 aromatic heterocycles. The summed E-state index contributed by atoms with van der Waals surface area (Å²) in [4.78, 5) is 2.41. The summed E-state index contributed by atoms with van der Waals surface area (Å²) in [6.45, 7) is 2.29. The van der Waals surface area contributed by atoms with E-state index in [0.29, 0.717) is 12.0 Å². The third-order valence-corrected chi connectivity index (χ3v) is 4.33. The van der Waals surface area contributed by atoms with Crippen LogP contribution in [0.4, 0.5) is 0 Å². The summed E-state index contributed by atoms with van der Waals surface area (Å²) >= 11 is 3.39. The topological polar surface area (TPSA) is 28.4 Å². The summed E-state index contributed by atoms with van der Waals surface area (Å²) in [5.41, 5.74) is 0. The molecule has 2 aliphatic rings. The highest BCUT2D eigenvalue weighted by Crippen LogP contribution is 2.37. The Bertz CT molecular complexity index is 389. The van der Waals surface area contributed by atoms with E-state index >= 15 is 0 Å². The van der Waals surface area contributed by atoms with E-state index < -0.39 is 0 Å². The summed E-state index contributed by atoms with van der Waals surface area (Å²) in [6, 6.07) is 5.32. The predicted molar refractivity (Wildman–Crippen MR) is 70.9 cm³/mol. The molecule has 0 amide bonds. The van der Waals surface area contributed by atoms with Crippen molar-refractivity contribution in [1.82, 2.24) is 10.2 Å². The quantitative estimate of drug-likeness (QED) is 0.926. The van der Waals surface area contributed by atoms with E-state index in [1.54, 1.807) is 0 Å². The molecule has 0 bridgehead atoms. The summed E-state index contributed by atoms with van der Waals surface area (Å²) in [6.07, 6.45) is 3.98. The van der Waals surface area contributed by atoms with Crippen LogP contribution in [0.25, 0.3) is 0 Å². The summed E-state index contributed by atoms with van der Waals surface area (Å²) in [5.74, 6) is 1.78. The van der Waals surface area contributed by atoms with Crippen LogP contribution in [-0.2, 0) is 0 Å². The van der Waals surface area contributed by atoms with Crippen LogP contribution in [0.15, 0.2) is 21.2 Å². The molecular weight excluding hydrogens is 280 g/mol. The zero-order valence-electron chi connectivity index (χ0n) is 10.2. The highest BCUT2D eigenvalue weighted by molar-refractivity contribution is 9.10. The fourth-order valence-electron chi connectivity index (χ4n) is 2.78. The van der Waals surface area contributed by atoms with Crippen LogP contribution in [0.2, 0.25) is 0 Å². The van der Waals surface area contributed by atoms with Gasteiger partial charge in [-0.3, -0.25) is 4.90 Å². The molecule has 0 aromatic carbocycles. The van der Waals surface area contributed by atoms with Gasteiger partial charge in [-0.05, 0) is 66.8 Å². The molecule has 1 aliphatic heterocycles. The number of hydrogen-bond donors (Lipinski definition) is 1. The molecule has 2 unspecified atom stereocenters. The molecule has 94 valence electrons. The van der Waals surface area contributed by atoms with Crippen molar-refractivity contribution >= 4 is 15.9 Å². The van der Waals surface area contributed by atoms with E-state index in [9.17, 15) is 0 Å². The lowest BCUT2D eigenvalue weighted by atomic mass is 9.98. The molecular formula is C13H19BrN2O. The molecule has 0 spiro atoms. The minimum absolute atomic E-state index is 0.438. The van der Waals surface area contributed by atoms with Gasteiger partial charge in [-0.1, -0.05) is 0 Å². The smallest absolute Gasteiger partial charge is 0.169 e. The maximum Gasteiger partial charge on any atom is 0.169 e. The van der Waals surface area contributed by atoms with Crippen LogP contribution in [-0.4, -0.2) is 31.1 Å². The van der Waals surface area contributed by atoms with Crippen molar-refractivity contribution in [2.45, 2.75) is 31.3 Å². The van der Waals surface area contributed by atoms with Gasteiger partial charge in [0.2, 0.25) is 0 Å². The van der Waals surface area contributed by atoms with Crippen LogP contribution >= 0.6 is 15.9 Å². The summed E-state index contributed by atoms with van der Waals surface area (Å²) in [7, 11) is 2.19. The summed E-state index contributed by atoms with van der Waals surface area (Å²) < 4.78 is 6.57. The standard InChI is InChI=1S/C13H19BrN2O/c1-16-7-6-9(8-15-10-2-3-10)13(16)11-4-5-12(14)17-11/h4-5,9-10,13,15H,2-3,6-8H2,1H3. The van der Waals surface area contributed by atoms with Gasteiger partial charge < -0.3 is 9.73 Å². The summed E-state index contributed by atoms with van der Waals surface area (Å²) in [5, 5.41) is 3.65. The van der Waals surface area contributed by atoms with Crippen LogP contribution in [0.5, 0.6) is 0 Å². The van der Waals surface area contributed by atoms with Crippen LogP contribution in [0.3, 0.4) is 0 Å². The van der Waals surface area contributed by atoms with Gasteiger partial charge in [0.1, 0.15) is 5.76 Å². The first-order valence-electron chi connectivity index (χ1n) is 6.43. The van der Waals surface area contributed by atoms with Gasteiger partial charge in [0.05, 0.1) is 6.04 Å². The first-order chi connectivity index (χ1) is 8.24. The number of halogens is 1. The Kier molecular flexibility index (Phi) is 3.28. The number of likely N-dealkylation sites (tertiary alicyclic amines) is 1. The SMILES string of the molecule is CN1CCC(CNC2CC2)C1c1ccc(Br)o1. The lowest BCUT2D eigenvalue weighted by molar-refractivity contribution is 0.232. The van der Waals surface area contributed by atoms with Crippen LogP contribution in [0.1, 0.15) is 31.1 Å². The number of rotatable bonds is 4.